The summed E-state index contributed by atoms with van der Waals surface area (Å²) in [7, 11) is 1.21. The summed E-state index contributed by atoms with van der Waals surface area (Å²) in [6.07, 6.45) is 3.64. The van der Waals surface area contributed by atoms with Gasteiger partial charge in [-0.1, -0.05) is 0 Å². The lowest BCUT2D eigenvalue weighted by Gasteiger charge is -2.12. The minimum Gasteiger partial charge on any atom is -0.466 e. The molecule has 0 N–H and O–H groups in total. The normalized spacial score (nSPS) is 14.9. The number of nitrogens with zero attached hydrogens (tertiary/aromatic N) is 1. The molecule has 20 heavy (non-hydrogen) atoms. The third-order valence-electron chi connectivity index (χ3n) is 2.73. The summed E-state index contributed by atoms with van der Waals surface area (Å²) in [5, 5.41) is 0. The highest BCUT2D eigenvalue weighted by Gasteiger charge is 2.27. The van der Waals surface area contributed by atoms with Gasteiger partial charge in [-0.3, -0.25) is 14.5 Å². The van der Waals surface area contributed by atoms with Crippen LogP contribution in [0.1, 0.15) is 25.7 Å². The van der Waals surface area contributed by atoms with E-state index < -0.39 is 11.9 Å². The van der Waals surface area contributed by atoms with Crippen molar-refractivity contribution in [1.82, 2.24) is 4.90 Å². The van der Waals surface area contributed by atoms with E-state index in [-0.39, 0.29) is 31.3 Å². The lowest BCUT2D eigenvalue weighted by molar-refractivity contribution is -0.140. The van der Waals surface area contributed by atoms with E-state index in [1.165, 1.54) is 12.0 Å². The fraction of sp³-hybridized carbons (Fsp3) is 0.538. The topological polar surface area (TPSA) is 90.0 Å². The molecule has 110 valence electrons. The number of methoxy groups -OCH3 is 1. The van der Waals surface area contributed by atoms with E-state index in [0.717, 1.165) is 12.2 Å². The predicted molar refractivity (Wildman–Crippen MR) is 67.3 cm³/mol. The Labute approximate surface area is 116 Å². The molecule has 0 bridgehead atoms. The molecular weight excluding hydrogens is 266 g/mol. The Morgan fingerprint density at radius 3 is 2.30 bits per heavy atom. The number of amides is 2. The zero-order valence-electron chi connectivity index (χ0n) is 11.3. The third-order valence-corrected chi connectivity index (χ3v) is 2.73. The van der Waals surface area contributed by atoms with Crippen molar-refractivity contribution in [1.29, 1.82) is 0 Å². The first-order valence-corrected chi connectivity index (χ1v) is 6.30. The zero-order chi connectivity index (χ0) is 15.0. The molecule has 0 saturated carbocycles. The molecule has 1 saturated heterocycles. The van der Waals surface area contributed by atoms with Crippen LogP contribution in [0.25, 0.3) is 0 Å². The zero-order valence-corrected chi connectivity index (χ0v) is 11.3. The summed E-state index contributed by atoms with van der Waals surface area (Å²) in [5.41, 5.74) is 0. The number of carbonyl (C=O) groups is 4. The minimum atomic E-state index is -0.635. The number of hydrogen-bond donors (Lipinski definition) is 0. The Bertz CT molecular complexity index is 413. The summed E-state index contributed by atoms with van der Waals surface area (Å²) in [6.45, 7) is 0.522. The second kappa shape index (κ2) is 8.08. The number of likely N-dealkylation sites (tertiary alicyclic amines) is 1. The molecule has 7 nitrogen and oxygen atoms in total. The molecule has 0 aromatic heterocycles. The van der Waals surface area contributed by atoms with Crippen molar-refractivity contribution >= 4 is 23.8 Å². The second-order valence-electron chi connectivity index (χ2n) is 4.17. The van der Waals surface area contributed by atoms with Crippen LogP contribution in [-0.2, 0) is 28.7 Å². The highest BCUT2D eigenvalue weighted by Crippen LogP contribution is 2.12. The molecule has 0 aliphatic carbocycles. The number of hydrogen-bond acceptors (Lipinski definition) is 6. The number of carbonyl (C=O) groups excluding carboxylic acids is 4. The maximum atomic E-state index is 11.3. The van der Waals surface area contributed by atoms with Gasteiger partial charge in [-0.15, -0.1) is 0 Å². The average Bonchev–Trinajstić information content (AvgIpc) is 2.75. The molecule has 1 aliphatic heterocycles. The first-order chi connectivity index (χ1) is 9.54. The van der Waals surface area contributed by atoms with E-state index in [0.29, 0.717) is 19.4 Å². The summed E-state index contributed by atoms with van der Waals surface area (Å²) in [6, 6.07) is 0. The van der Waals surface area contributed by atoms with E-state index in [1.807, 2.05) is 0 Å². The smallest absolute Gasteiger partial charge is 0.331 e. The molecule has 1 heterocycles. The highest BCUT2D eigenvalue weighted by molar-refractivity contribution is 6.01. The number of esters is 2. The summed E-state index contributed by atoms with van der Waals surface area (Å²) >= 11 is 0. The van der Waals surface area contributed by atoms with Crippen LogP contribution in [0.5, 0.6) is 0 Å². The number of imide groups is 1. The van der Waals surface area contributed by atoms with Crippen molar-refractivity contribution in [3.63, 3.8) is 0 Å². The Morgan fingerprint density at radius 2 is 1.70 bits per heavy atom. The van der Waals surface area contributed by atoms with E-state index in [4.69, 9.17) is 4.74 Å². The lowest BCUT2D eigenvalue weighted by atomic mass is 10.3. The molecule has 0 aromatic rings. The van der Waals surface area contributed by atoms with E-state index >= 15 is 0 Å². The van der Waals surface area contributed by atoms with Gasteiger partial charge in [-0.2, -0.15) is 0 Å². The molecule has 0 unspecified atom stereocenters. The van der Waals surface area contributed by atoms with Gasteiger partial charge in [-0.25, -0.2) is 9.59 Å². The fourth-order valence-corrected chi connectivity index (χ4v) is 1.67. The molecule has 0 radical (unpaired) electrons. The standard InChI is InChI=1S/C13H17NO6/c1-19-12(17)6-7-13(18)20-9-3-2-8-14-10(15)4-5-11(14)16/h6-7H,2-5,8-9H2,1H3/b7-6+. The van der Waals surface area contributed by atoms with Crippen molar-refractivity contribution < 1.29 is 28.7 Å². The van der Waals surface area contributed by atoms with Gasteiger partial charge in [0.05, 0.1) is 13.7 Å². The van der Waals surface area contributed by atoms with Crippen molar-refractivity contribution in [2.45, 2.75) is 25.7 Å². The van der Waals surface area contributed by atoms with Gasteiger partial charge >= 0.3 is 11.9 Å². The second-order valence-corrected chi connectivity index (χ2v) is 4.17. The monoisotopic (exact) mass is 283 g/mol. The van der Waals surface area contributed by atoms with Gasteiger partial charge in [-0.05, 0) is 12.8 Å². The van der Waals surface area contributed by atoms with E-state index in [2.05, 4.69) is 4.74 Å². The van der Waals surface area contributed by atoms with Gasteiger partial charge in [0, 0.05) is 31.5 Å². The Kier molecular flexibility index (Phi) is 6.42. The molecule has 0 spiro atoms. The number of rotatable bonds is 7. The molecule has 7 heteroatoms. The fourth-order valence-electron chi connectivity index (χ4n) is 1.67. The maximum absolute atomic E-state index is 11.3. The summed E-state index contributed by atoms with van der Waals surface area (Å²) in [5.74, 6) is -1.56. The summed E-state index contributed by atoms with van der Waals surface area (Å²) < 4.78 is 9.15. The Hall–Kier alpha value is -2.18. The quantitative estimate of drug-likeness (QED) is 0.287. The van der Waals surface area contributed by atoms with Gasteiger partial charge < -0.3 is 9.47 Å². The Balaban J connectivity index is 2.11. The highest BCUT2D eigenvalue weighted by atomic mass is 16.5. The number of unbranched alkanes of at least 4 members (excludes halogenated alkanes) is 1. The van der Waals surface area contributed by atoms with E-state index in [1.54, 1.807) is 0 Å². The molecule has 2 amide bonds. The van der Waals surface area contributed by atoms with Crippen LogP contribution in [0.4, 0.5) is 0 Å². The lowest BCUT2D eigenvalue weighted by Crippen LogP contribution is -2.30. The molecule has 0 atom stereocenters. The third kappa shape index (κ3) is 5.21. The molecule has 1 rings (SSSR count). The SMILES string of the molecule is COC(=O)/C=C/C(=O)OCCCCN1C(=O)CCC1=O. The summed E-state index contributed by atoms with van der Waals surface area (Å²) in [4.78, 5) is 45.7. The minimum absolute atomic E-state index is 0.145. The van der Waals surface area contributed by atoms with Crippen molar-refractivity contribution in [3.05, 3.63) is 12.2 Å². The van der Waals surface area contributed by atoms with Crippen molar-refractivity contribution in [3.8, 4) is 0 Å². The van der Waals surface area contributed by atoms with Crippen molar-refractivity contribution in [2.75, 3.05) is 20.3 Å². The molecular formula is C13H17NO6. The molecule has 1 aliphatic rings. The van der Waals surface area contributed by atoms with Gasteiger partial charge in [0.2, 0.25) is 11.8 Å². The van der Waals surface area contributed by atoms with Gasteiger partial charge in [0.15, 0.2) is 0 Å². The number of ether oxygens (including phenoxy) is 2. The average molecular weight is 283 g/mol. The first kappa shape index (κ1) is 15.9. The van der Waals surface area contributed by atoms with Crippen molar-refractivity contribution in [2.24, 2.45) is 0 Å². The van der Waals surface area contributed by atoms with Crippen LogP contribution in [0, 0.1) is 0 Å². The Morgan fingerprint density at radius 1 is 1.10 bits per heavy atom. The van der Waals surface area contributed by atoms with Crippen LogP contribution in [-0.4, -0.2) is 48.9 Å². The van der Waals surface area contributed by atoms with Gasteiger partial charge in [0.25, 0.3) is 0 Å². The van der Waals surface area contributed by atoms with Crippen LogP contribution in [0.3, 0.4) is 0 Å². The van der Waals surface area contributed by atoms with E-state index in [9.17, 15) is 19.2 Å². The van der Waals surface area contributed by atoms with Crippen LogP contribution < -0.4 is 0 Å². The maximum Gasteiger partial charge on any atom is 0.331 e. The molecule has 1 fully saturated rings. The van der Waals surface area contributed by atoms with Gasteiger partial charge in [0.1, 0.15) is 0 Å². The first-order valence-electron chi connectivity index (χ1n) is 6.30. The van der Waals surface area contributed by atoms with Crippen LogP contribution >= 0.6 is 0 Å². The largest absolute Gasteiger partial charge is 0.466 e. The predicted octanol–water partition coefficient (Wildman–Crippen LogP) is 0.188. The van der Waals surface area contributed by atoms with Crippen LogP contribution in [0.15, 0.2) is 12.2 Å². The molecule has 0 aromatic carbocycles. The van der Waals surface area contributed by atoms with Crippen LogP contribution in [0.2, 0.25) is 0 Å².